The Balaban J connectivity index is 2.48. The van der Waals surface area contributed by atoms with Gasteiger partial charge in [-0.25, -0.2) is 9.07 Å². The molecule has 1 aromatic carbocycles. The molecular formula is C10H11FN4O. The van der Waals surface area contributed by atoms with Crippen LogP contribution >= 0.6 is 0 Å². The van der Waals surface area contributed by atoms with Crippen molar-refractivity contribution in [2.75, 3.05) is 12.8 Å². The molecule has 2 aromatic rings. The van der Waals surface area contributed by atoms with Crippen LogP contribution in [0.5, 0.6) is 5.75 Å². The number of methoxy groups -OCH3 is 1. The normalized spacial score (nSPS) is 10.4. The summed E-state index contributed by atoms with van der Waals surface area (Å²) < 4.78 is 19.9. The minimum Gasteiger partial charge on any atom is -0.497 e. The summed E-state index contributed by atoms with van der Waals surface area (Å²) >= 11 is 0. The lowest BCUT2D eigenvalue weighted by Gasteiger charge is -2.01. The van der Waals surface area contributed by atoms with E-state index in [2.05, 4.69) is 10.1 Å². The predicted molar refractivity (Wildman–Crippen MR) is 57.4 cm³/mol. The van der Waals surface area contributed by atoms with Crippen molar-refractivity contribution in [3.8, 4) is 17.1 Å². The fourth-order valence-corrected chi connectivity index (χ4v) is 1.31. The largest absolute Gasteiger partial charge is 0.497 e. The fraction of sp³-hybridized carbons (Fsp3) is 0.200. The number of ether oxygens (including phenoxy) is 1. The van der Waals surface area contributed by atoms with Gasteiger partial charge < -0.3 is 10.5 Å². The van der Waals surface area contributed by atoms with E-state index >= 15 is 0 Å². The van der Waals surface area contributed by atoms with Crippen molar-refractivity contribution in [3.63, 3.8) is 0 Å². The predicted octanol–water partition coefficient (Wildman–Crippen LogP) is 1.21. The molecule has 1 aromatic heterocycles. The summed E-state index contributed by atoms with van der Waals surface area (Å²) in [4.78, 5) is 3.95. The average molecular weight is 222 g/mol. The molecule has 2 N–H and O–H groups in total. The number of hydrogen-bond acceptors (Lipinski definition) is 4. The summed E-state index contributed by atoms with van der Waals surface area (Å²) in [7, 11) is 3.12. The Hall–Kier alpha value is -2.11. The third kappa shape index (κ3) is 1.69. The lowest BCUT2D eigenvalue weighted by atomic mass is 10.2. The van der Waals surface area contributed by atoms with E-state index in [-0.39, 0.29) is 11.8 Å². The molecule has 0 atom stereocenters. The van der Waals surface area contributed by atoms with Crippen molar-refractivity contribution < 1.29 is 9.13 Å². The fourth-order valence-electron chi connectivity index (χ4n) is 1.31. The van der Waals surface area contributed by atoms with Crippen LogP contribution in [0.25, 0.3) is 11.4 Å². The first kappa shape index (κ1) is 10.4. The summed E-state index contributed by atoms with van der Waals surface area (Å²) in [6.07, 6.45) is 0. The molecular weight excluding hydrogens is 211 g/mol. The maximum absolute atomic E-state index is 13.7. The summed E-state index contributed by atoms with van der Waals surface area (Å²) in [6, 6.07) is 4.48. The lowest BCUT2D eigenvalue weighted by Crippen LogP contribution is -1.97. The minimum atomic E-state index is -0.440. The smallest absolute Gasteiger partial charge is 0.218 e. The van der Waals surface area contributed by atoms with Crippen LogP contribution < -0.4 is 10.5 Å². The Morgan fingerprint density at radius 2 is 2.19 bits per heavy atom. The Bertz CT molecular complexity index is 504. The maximum Gasteiger partial charge on any atom is 0.218 e. The number of halogens is 1. The topological polar surface area (TPSA) is 66.0 Å². The van der Waals surface area contributed by atoms with Gasteiger partial charge in [0.05, 0.1) is 12.7 Å². The Labute approximate surface area is 91.7 Å². The molecule has 0 unspecified atom stereocenters. The van der Waals surface area contributed by atoms with Gasteiger partial charge in [-0.15, -0.1) is 5.10 Å². The molecule has 0 radical (unpaired) electrons. The minimum absolute atomic E-state index is 0.241. The molecule has 16 heavy (non-hydrogen) atoms. The van der Waals surface area contributed by atoms with Crippen molar-refractivity contribution in [2.24, 2.45) is 7.05 Å². The number of nitrogens with zero attached hydrogens (tertiary/aromatic N) is 3. The Morgan fingerprint density at radius 1 is 1.44 bits per heavy atom. The number of anilines is 1. The number of benzene rings is 1. The number of nitrogens with two attached hydrogens (primary N) is 1. The molecule has 0 saturated heterocycles. The zero-order valence-corrected chi connectivity index (χ0v) is 8.94. The molecule has 0 saturated carbocycles. The van der Waals surface area contributed by atoms with Crippen molar-refractivity contribution in [3.05, 3.63) is 24.0 Å². The third-order valence-corrected chi connectivity index (χ3v) is 2.21. The van der Waals surface area contributed by atoms with Crippen LogP contribution in [0, 0.1) is 5.82 Å². The molecule has 6 heteroatoms. The first-order chi connectivity index (χ1) is 7.61. The second-order valence-corrected chi connectivity index (χ2v) is 3.26. The SMILES string of the molecule is COc1ccc(-c2nc(N)n(C)n2)c(F)c1. The van der Waals surface area contributed by atoms with E-state index < -0.39 is 5.82 Å². The molecule has 1 heterocycles. The van der Waals surface area contributed by atoms with Crippen molar-refractivity contribution in [1.29, 1.82) is 0 Å². The maximum atomic E-state index is 13.7. The van der Waals surface area contributed by atoms with Crippen LogP contribution in [-0.2, 0) is 7.05 Å². The zero-order valence-electron chi connectivity index (χ0n) is 8.94. The zero-order chi connectivity index (χ0) is 11.7. The van der Waals surface area contributed by atoms with E-state index in [1.807, 2.05) is 0 Å². The first-order valence-corrected chi connectivity index (χ1v) is 4.62. The number of hydrogen-bond donors (Lipinski definition) is 1. The van der Waals surface area contributed by atoms with Crippen LogP contribution in [0.15, 0.2) is 18.2 Å². The molecule has 0 aliphatic carbocycles. The molecule has 0 aliphatic heterocycles. The first-order valence-electron chi connectivity index (χ1n) is 4.62. The van der Waals surface area contributed by atoms with E-state index in [0.717, 1.165) is 0 Å². The standard InChI is InChI=1S/C10H11FN4O/c1-15-10(12)13-9(14-15)7-4-3-6(16-2)5-8(7)11/h3-5H,1-2H3,(H2,12,13,14). The quantitative estimate of drug-likeness (QED) is 0.829. The van der Waals surface area contributed by atoms with E-state index in [0.29, 0.717) is 11.3 Å². The highest BCUT2D eigenvalue weighted by molar-refractivity contribution is 5.58. The van der Waals surface area contributed by atoms with Gasteiger partial charge in [0, 0.05) is 13.1 Å². The van der Waals surface area contributed by atoms with Gasteiger partial charge in [0.2, 0.25) is 5.95 Å². The molecule has 5 nitrogen and oxygen atoms in total. The number of rotatable bonds is 2. The molecule has 0 aliphatic rings. The van der Waals surface area contributed by atoms with Gasteiger partial charge in [0.15, 0.2) is 5.82 Å². The molecule has 84 valence electrons. The van der Waals surface area contributed by atoms with Gasteiger partial charge in [-0.3, -0.25) is 0 Å². The number of nitrogen functional groups attached to an aromatic ring is 1. The lowest BCUT2D eigenvalue weighted by molar-refractivity contribution is 0.411. The highest BCUT2D eigenvalue weighted by atomic mass is 19.1. The summed E-state index contributed by atoms with van der Waals surface area (Å²) in [5.41, 5.74) is 5.83. The summed E-state index contributed by atoms with van der Waals surface area (Å²) in [5, 5.41) is 4.00. The number of aryl methyl sites for hydroxylation is 1. The van der Waals surface area contributed by atoms with Crippen LogP contribution in [0.1, 0.15) is 0 Å². The van der Waals surface area contributed by atoms with Gasteiger partial charge in [-0.05, 0) is 12.1 Å². The van der Waals surface area contributed by atoms with E-state index in [1.54, 1.807) is 19.2 Å². The number of aromatic nitrogens is 3. The molecule has 0 amide bonds. The van der Waals surface area contributed by atoms with E-state index in [4.69, 9.17) is 10.5 Å². The molecule has 0 spiro atoms. The van der Waals surface area contributed by atoms with Gasteiger partial charge >= 0.3 is 0 Å². The van der Waals surface area contributed by atoms with Crippen molar-refractivity contribution in [1.82, 2.24) is 14.8 Å². The second-order valence-electron chi connectivity index (χ2n) is 3.26. The molecule has 2 rings (SSSR count). The van der Waals surface area contributed by atoms with Crippen LogP contribution in [-0.4, -0.2) is 21.9 Å². The average Bonchev–Trinajstić information content (AvgIpc) is 2.58. The van der Waals surface area contributed by atoms with Gasteiger partial charge in [-0.1, -0.05) is 0 Å². The van der Waals surface area contributed by atoms with E-state index in [9.17, 15) is 4.39 Å². The summed E-state index contributed by atoms with van der Waals surface area (Å²) in [5.74, 6) is 0.514. The van der Waals surface area contributed by atoms with Crippen molar-refractivity contribution in [2.45, 2.75) is 0 Å². The van der Waals surface area contributed by atoms with Crippen molar-refractivity contribution >= 4 is 5.95 Å². The molecule has 0 bridgehead atoms. The molecule has 0 fully saturated rings. The van der Waals surface area contributed by atoms with Gasteiger partial charge in [-0.2, -0.15) is 4.98 Å². The van der Waals surface area contributed by atoms with Crippen LogP contribution in [0.2, 0.25) is 0 Å². The monoisotopic (exact) mass is 222 g/mol. The highest BCUT2D eigenvalue weighted by Gasteiger charge is 2.12. The Morgan fingerprint density at radius 3 is 2.69 bits per heavy atom. The summed E-state index contributed by atoms with van der Waals surface area (Å²) in [6.45, 7) is 0. The second kappa shape index (κ2) is 3.80. The van der Waals surface area contributed by atoms with Crippen LogP contribution in [0.4, 0.5) is 10.3 Å². The van der Waals surface area contributed by atoms with Gasteiger partial charge in [0.25, 0.3) is 0 Å². The van der Waals surface area contributed by atoms with E-state index in [1.165, 1.54) is 17.9 Å². The third-order valence-electron chi connectivity index (χ3n) is 2.21. The highest BCUT2D eigenvalue weighted by Crippen LogP contribution is 2.24. The van der Waals surface area contributed by atoms with Crippen LogP contribution in [0.3, 0.4) is 0 Å². The Kier molecular flexibility index (Phi) is 2.47. The van der Waals surface area contributed by atoms with Gasteiger partial charge in [0.1, 0.15) is 11.6 Å².